The summed E-state index contributed by atoms with van der Waals surface area (Å²) >= 11 is 5.42. The summed E-state index contributed by atoms with van der Waals surface area (Å²) in [5.41, 5.74) is 2.54. The number of esters is 1. The van der Waals surface area contributed by atoms with Crippen LogP contribution in [0.25, 0.3) is 11.4 Å². The maximum atomic E-state index is 13.0. The average molecular weight is 495 g/mol. The maximum Gasteiger partial charge on any atom is 0.339 e. The number of hydrogen-bond acceptors (Lipinski definition) is 7. The first kappa shape index (κ1) is 24.6. The standard InChI is InChI=1S/C25H30N6O3S/c1-3-34-24(33)20-8-9-21(26-17-20)29-11-5-12-30(15-14-29)22(32)10-13-31-23(27-28-25(31)35)19-7-4-6-18(2)16-19/h4,6-9,16-17H,3,5,10-15H2,1-2H3,(H,28,35). The Morgan fingerprint density at radius 3 is 2.74 bits per heavy atom. The molecule has 4 rings (SSSR count). The van der Waals surface area contributed by atoms with E-state index in [0.29, 0.717) is 49.5 Å². The fourth-order valence-corrected chi connectivity index (χ4v) is 4.42. The first-order valence-corrected chi connectivity index (χ1v) is 12.2. The van der Waals surface area contributed by atoms with Gasteiger partial charge in [-0.05, 0) is 50.7 Å². The van der Waals surface area contributed by atoms with Crippen LogP contribution in [0.5, 0.6) is 0 Å². The largest absolute Gasteiger partial charge is 0.462 e. The number of ether oxygens (including phenoxy) is 1. The van der Waals surface area contributed by atoms with Crippen molar-refractivity contribution in [2.45, 2.75) is 33.2 Å². The van der Waals surface area contributed by atoms with Crippen molar-refractivity contribution in [2.24, 2.45) is 0 Å². The predicted molar refractivity (Wildman–Crippen MR) is 136 cm³/mol. The van der Waals surface area contributed by atoms with E-state index >= 15 is 0 Å². The number of aromatic nitrogens is 4. The van der Waals surface area contributed by atoms with Gasteiger partial charge in [-0.2, -0.15) is 5.10 Å². The SMILES string of the molecule is CCOC(=O)c1ccc(N2CCCN(C(=O)CCn3c(-c4cccc(C)c4)n[nH]c3=S)CC2)nc1. The molecule has 0 aliphatic carbocycles. The molecule has 35 heavy (non-hydrogen) atoms. The van der Waals surface area contributed by atoms with Gasteiger partial charge in [-0.3, -0.25) is 14.5 Å². The number of hydrogen-bond donors (Lipinski definition) is 1. The van der Waals surface area contributed by atoms with Crippen LogP contribution in [0, 0.1) is 11.7 Å². The molecule has 10 heteroatoms. The van der Waals surface area contributed by atoms with Crippen molar-refractivity contribution >= 4 is 29.9 Å². The minimum atomic E-state index is -0.373. The molecule has 0 saturated carbocycles. The van der Waals surface area contributed by atoms with Crippen molar-refractivity contribution in [3.8, 4) is 11.4 Å². The Kier molecular flexibility index (Phi) is 7.91. The first-order chi connectivity index (χ1) is 17.0. The Morgan fingerprint density at radius 2 is 2.00 bits per heavy atom. The number of nitrogens with one attached hydrogen (secondary N) is 1. The van der Waals surface area contributed by atoms with Gasteiger partial charge in [-0.1, -0.05) is 23.8 Å². The molecule has 0 radical (unpaired) electrons. The highest BCUT2D eigenvalue weighted by Crippen LogP contribution is 2.20. The number of H-pyrrole nitrogens is 1. The van der Waals surface area contributed by atoms with E-state index in [1.807, 2.05) is 40.7 Å². The van der Waals surface area contributed by atoms with Crippen LogP contribution in [0.15, 0.2) is 42.6 Å². The minimum absolute atomic E-state index is 0.0933. The van der Waals surface area contributed by atoms with Crippen molar-refractivity contribution in [1.29, 1.82) is 0 Å². The molecule has 9 nitrogen and oxygen atoms in total. The Bertz CT molecular complexity index is 1240. The van der Waals surface area contributed by atoms with Gasteiger partial charge < -0.3 is 14.5 Å². The lowest BCUT2D eigenvalue weighted by Crippen LogP contribution is -2.35. The third-order valence-electron chi connectivity index (χ3n) is 6.02. The molecule has 184 valence electrons. The van der Waals surface area contributed by atoms with Gasteiger partial charge >= 0.3 is 5.97 Å². The topological polar surface area (TPSA) is 96.4 Å². The predicted octanol–water partition coefficient (Wildman–Crippen LogP) is 3.62. The lowest BCUT2D eigenvalue weighted by molar-refractivity contribution is -0.131. The summed E-state index contributed by atoms with van der Waals surface area (Å²) in [5, 5.41) is 7.24. The summed E-state index contributed by atoms with van der Waals surface area (Å²) in [5.74, 6) is 1.25. The van der Waals surface area contributed by atoms with Gasteiger partial charge in [0, 0.05) is 50.9 Å². The van der Waals surface area contributed by atoms with Crippen molar-refractivity contribution in [3.05, 3.63) is 58.5 Å². The number of anilines is 1. The molecule has 0 atom stereocenters. The highest BCUT2D eigenvalue weighted by atomic mass is 32.1. The van der Waals surface area contributed by atoms with Crippen LogP contribution in [0.1, 0.15) is 35.7 Å². The van der Waals surface area contributed by atoms with E-state index in [1.165, 1.54) is 0 Å². The third kappa shape index (κ3) is 5.94. The number of aryl methyl sites for hydroxylation is 1. The molecule has 3 heterocycles. The van der Waals surface area contributed by atoms with Crippen molar-refractivity contribution in [1.82, 2.24) is 24.6 Å². The number of carbonyl (C=O) groups is 2. The zero-order chi connectivity index (χ0) is 24.8. The van der Waals surface area contributed by atoms with Gasteiger partial charge in [0.05, 0.1) is 12.2 Å². The average Bonchev–Trinajstić information content (AvgIpc) is 3.06. The van der Waals surface area contributed by atoms with Gasteiger partial charge in [-0.15, -0.1) is 0 Å². The van der Waals surface area contributed by atoms with Crippen LogP contribution in [-0.4, -0.2) is 69.3 Å². The maximum absolute atomic E-state index is 13.0. The van der Waals surface area contributed by atoms with E-state index in [-0.39, 0.29) is 11.9 Å². The first-order valence-electron chi connectivity index (χ1n) is 11.8. The zero-order valence-electron chi connectivity index (χ0n) is 20.1. The second-order valence-electron chi connectivity index (χ2n) is 8.47. The number of rotatable bonds is 7. The molecule has 0 bridgehead atoms. The van der Waals surface area contributed by atoms with E-state index in [0.717, 1.165) is 35.7 Å². The molecule has 3 aromatic rings. The lowest BCUT2D eigenvalue weighted by atomic mass is 10.1. The van der Waals surface area contributed by atoms with Crippen LogP contribution in [-0.2, 0) is 16.1 Å². The lowest BCUT2D eigenvalue weighted by Gasteiger charge is -2.23. The van der Waals surface area contributed by atoms with Crippen molar-refractivity contribution < 1.29 is 14.3 Å². The van der Waals surface area contributed by atoms with Crippen LogP contribution >= 0.6 is 12.2 Å². The second kappa shape index (κ2) is 11.3. The Labute approximate surface area is 209 Å². The highest BCUT2D eigenvalue weighted by molar-refractivity contribution is 7.71. The number of nitrogens with zero attached hydrogens (tertiary/aromatic N) is 5. The number of aromatic amines is 1. The van der Waals surface area contributed by atoms with Gasteiger partial charge in [0.2, 0.25) is 5.91 Å². The summed E-state index contributed by atoms with van der Waals surface area (Å²) < 4.78 is 7.42. The number of benzene rings is 1. The molecule has 1 saturated heterocycles. The minimum Gasteiger partial charge on any atom is -0.462 e. The molecular formula is C25H30N6O3S. The molecule has 0 spiro atoms. The fraction of sp³-hybridized carbons (Fsp3) is 0.400. The van der Waals surface area contributed by atoms with Gasteiger partial charge in [0.25, 0.3) is 0 Å². The van der Waals surface area contributed by atoms with E-state index in [1.54, 1.807) is 19.2 Å². The summed E-state index contributed by atoms with van der Waals surface area (Å²) in [6.07, 6.45) is 2.73. The highest BCUT2D eigenvalue weighted by Gasteiger charge is 2.21. The number of pyridine rings is 1. The van der Waals surface area contributed by atoms with Crippen LogP contribution in [0.4, 0.5) is 5.82 Å². The van der Waals surface area contributed by atoms with Crippen LogP contribution < -0.4 is 4.90 Å². The summed E-state index contributed by atoms with van der Waals surface area (Å²) in [4.78, 5) is 33.4. The number of amides is 1. The quantitative estimate of drug-likeness (QED) is 0.396. The summed E-state index contributed by atoms with van der Waals surface area (Å²) in [7, 11) is 0. The second-order valence-corrected chi connectivity index (χ2v) is 8.86. The Hall–Kier alpha value is -3.53. The van der Waals surface area contributed by atoms with E-state index in [9.17, 15) is 9.59 Å². The van der Waals surface area contributed by atoms with E-state index < -0.39 is 0 Å². The van der Waals surface area contributed by atoms with Gasteiger partial charge in [0.15, 0.2) is 10.6 Å². The normalized spacial score (nSPS) is 14.0. The van der Waals surface area contributed by atoms with Crippen molar-refractivity contribution in [2.75, 3.05) is 37.7 Å². The van der Waals surface area contributed by atoms with Gasteiger partial charge in [0.1, 0.15) is 5.82 Å². The molecular weight excluding hydrogens is 464 g/mol. The molecule has 1 N–H and O–H groups in total. The molecule has 2 aromatic heterocycles. The van der Waals surface area contributed by atoms with Crippen LogP contribution in [0.3, 0.4) is 0 Å². The molecule has 1 amide bonds. The summed E-state index contributed by atoms with van der Waals surface area (Å²) in [6, 6.07) is 11.6. The molecule has 1 aromatic carbocycles. The number of carbonyl (C=O) groups excluding carboxylic acids is 2. The summed E-state index contributed by atoms with van der Waals surface area (Å²) in [6.45, 7) is 7.38. The Balaban J connectivity index is 1.35. The monoisotopic (exact) mass is 494 g/mol. The molecule has 0 unspecified atom stereocenters. The Morgan fingerprint density at radius 1 is 1.14 bits per heavy atom. The molecule has 1 aliphatic rings. The van der Waals surface area contributed by atoms with Crippen LogP contribution in [0.2, 0.25) is 0 Å². The smallest absolute Gasteiger partial charge is 0.339 e. The van der Waals surface area contributed by atoms with Crippen molar-refractivity contribution in [3.63, 3.8) is 0 Å². The fourth-order valence-electron chi connectivity index (χ4n) is 4.20. The zero-order valence-corrected chi connectivity index (χ0v) is 20.9. The molecule has 1 fully saturated rings. The van der Waals surface area contributed by atoms with E-state index in [4.69, 9.17) is 17.0 Å². The van der Waals surface area contributed by atoms with Gasteiger partial charge in [-0.25, -0.2) is 9.78 Å². The van der Waals surface area contributed by atoms with E-state index in [2.05, 4.69) is 26.1 Å². The third-order valence-corrected chi connectivity index (χ3v) is 6.33. The molecule has 1 aliphatic heterocycles.